The van der Waals surface area contributed by atoms with Crippen LogP contribution in [0.5, 0.6) is 0 Å². The van der Waals surface area contributed by atoms with Crippen LogP contribution < -0.4 is 5.32 Å². The quantitative estimate of drug-likeness (QED) is 0.336. The van der Waals surface area contributed by atoms with Crippen LogP contribution in [0.15, 0.2) is 0 Å². The molecule has 1 aromatic rings. The molecule has 4 nitrogen and oxygen atoms in total. The fourth-order valence-electron chi connectivity index (χ4n) is 3.76. The van der Waals surface area contributed by atoms with E-state index in [-0.39, 0.29) is 18.0 Å². The van der Waals surface area contributed by atoms with Gasteiger partial charge in [0.05, 0.1) is 11.7 Å². The summed E-state index contributed by atoms with van der Waals surface area (Å²) in [6.07, 6.45) is 11.6. The first-order chi connectivity index (χ1) is 13.4. The number of ether oxygens (including phenoxy) is 1. The number of unbranched alkanes of at least 4 members (excludes halogenated alkanes) is 6. The van der Waals surface area contributed by atoms with Crippen molar-refractivity contribution in [3.63, 3.8) is 0 Å². The van der Waals surface area contributed by atoms with Gasteiger partial charge in [-0.3, -0.25) is 4.79 Å². The maximum Gasteiger partial charge on any atom is 0.341 e. The maximum atomic E-state index is 12.7. The largest absolute Gasteiger partial charge is 0.459 e. The second kappa shape index (κ2) is 11.6. The molecule has 1 amide bonds. The lowest BCUT2D eigenvalue weighted by molar-refractivity contribution is -0.116. The van der Waals surface area contributed by atoms with Gasteiger partial charge < -0.3 is 10.1 Å². The number of carbonyl (C=O) groups excluding carboxylic acids is 2. The first-order valence-electron chi connectivity index (χ1n) is 11.1. The first-order valence-corrected chi connectivity index (χ1v) is 11.9. The zero-order chi connectivity index (χ0) is 20.5. The summed E-state index contributed by atoms with van der Waals surface area (Å²) in [6.45, 7) is 8.18. The lowest BCUT2D eigenvalue weighted by Gasteiger charge is -2.18. The van der Waals surface area contributed by atoms with Crippen LogP contribution in [-0.2, 0) is 22.4 Å². The van der Waals surface area contributed by atoms with Crippen molar-refractivity contribution in [1.82, 2.24) is 0 Å². The number of thiophene rings is 1. The SMILES string of the molecule is CCCCCCCCCC(=O)Nc1sc2c(c1C(=O)OC(C)C)CC[C@H](C)C2. The van der Waals surface area contributed by atoms with Gasteiger partial charge in [0, 0.05) is 11.3 Å². The summed E-state index contributed by atoms with van der Waals surface area (Å²) >= 11 is 1.57. The van der Waals surface area contributed by atoms with E-state index in [2.05, 4.69) is 19.2 Å². The van der Waals surface area contributed by atoms with E-state index in [4.69, 9.17) is 4.74 Å². The number of anilines is 1. The van der Waals surface area contributed by atoms with Gasteiger partial charge in [-0.1, -0.05) is 52.4 Å². The maximum absolute atomic E-state index is 12.7. The van der Waals surface area contributed by atoms with Crippen molar-refractivity contribution in [2.75, 3.05) is 5.32 Å². The molecule has 0 unspecified atom stereocenters. The summed E-state index contributed by atoms with van der Waals surface area (Å²) in [5, 5.41) is 3.72. The smallest absolute Gasteiger partial charge is 0.341 e. The van der Waals surface area contributed by atoms with Crippen LogP contribution in [0.4, 0.5) is 5.00 Å². The summed E-state index contributed by atoms with van der Waals surface area (Å²) in [6, 6.07) is 0. The highest BCUT2D eigenvalue weighted by Crippen LogP contribution is 2.40. The van der Waals surface area contributed by atoms with Gasteiger partial charge in [0.1, 0.15) is 5.00 Å². The lowest BCUT2D eigenvalue weighted by atomic mass is 9.88. The predicted octanol–water partition coefficient (Wildman–Crippen LogP) is 6.52. The van der Waals surface area contributed by atoms with Crippen molar-refractivity contribution < 1.29 is 14.3 Å². The van der Waals surface area contributed by atoms with Gasteiger partial charge in [-0.05, 0) is 51.0 Å². The highest BCUT2D eigenvalue weighted by molar-refractivity contribution is 7.17. The molecule has 0 saturated carbocycles. The van der Waals surface area contributed by atoms with E-state index < -0.39 is 0 Å². The molecule has 0 aromatic carbocycles. The Morgan fingerprint density at radius 1 is 1.14 bits per heavy atom. The molecule has 28 heavy (non-hydrogen) atoms. The summed E-state index contributed by atoms with van der Waals surface area (Å²) < 4.78 is 5.47. The number of nitrogens with one attached hydrogen (secondary N) is 1. The molecule has 1 heterocycles. The topological polar surface area (TPSA) is 55.4 Å². The molecule has 5 heteroatoms. The number of rotatable bonds is 11. The summed E-state index contributed by atoms with van der Waals surface area (Å²) in [5.41, 5.74) is 1.70. The number of esters is 1. The van der Waals surface area contributed by atoms with Gasteiger partial charge in [0.15, 0.2) is 0 Å². The van der Waals surface area contributed by atoms with E-state index in [0.717, 1.165) is 37.7 Å². The van der Waals surface area contributed by atoms with Gasteiger partial charge in [-0.15, -0.1) is 11.3 Å². The van der Waals surface area contributed by atoms with E-state index in [1.165, 1.54) is 37.0 Å². The van der Waals surface area contributed by atoms with Gasteiger partial charge >= 0.3 is 5.97 Å². The van der Waals surface area contributed by atoms with Crippen molar-refractivity contribution >= 4 is 28.2 Å². The average molecular weight is 408 g/mol. The fourth-order valence-corrected chi connectivity index (χ4v) is 5.17. The van der Waals surface area contributed by atoms with E-state index in [1.807, 2.05) is 13.8 Å². The number of hydrogen-bond acceptors (Lipinski definition) is 4. The molecule has 1 atom stereocenters. The van der Waals surface area contributed by atoms with Gasteiger partial charge in [-0.25, -0.2) is 4.79 Å². The van der Waals surface area contributed by atoms with E-state index in [1.54, 1.807) is 11.3 Å². The molecule has 0 bridgehead atoms. The second-order valence-electron chi connectivity index (χ2n) is 8.43. The number of fused-ring (bicyclic) bond motifs is 1. The summed E-state index contributed by atoms with van der Waals surface area (Å²) in [4.78, 5) is 26.4. The molecule has 1 aromatic heterocycles. The monoisotopic (exact) mass is 407 g/mol. The molecule has 1 N–H and O–H groups in total. The average Bonchev–Trinajstić information content (AvgIpc) is 2.97. The molecule has 2 rings (SSSR count). The Kier molecular flexibility index (Phi) is 9.49. The Bertz CT molecular complexity index is 651. The molecule has 1 aliphatic rings. The zero-order valence-corrected chi connectivity index (χ0v) is 18.9. The molecule has 1 aliphatic carbocycles. The predicted molar refractivity (Wildman–Crippen MR) is 117 cm³/mol. The minimum Gasteiger partial charge on any atom is -0.459 e. The molecular weight excluding hydrogens is 370 g/mol. The summed E-state index contributed by atoms with van der Waals surface area (Å²) in [7, 11) is 0. The Hall–Kier alpha value is -1.36. The molecule has 158 valence electrons. The van der Waals surface area contributed by atoms with Crippen molar-refractivity contribution in [3.05, 3.63) is 16.0 Å². The molecule has 0 spiro atoms. The zero-order valence-electron chi connectivity index (χ0n) is 18.1. The molecular formula is C23H37NO3S. The number of amides is 1. The fraction of sp³-hybridized carbons (Fsp3) is 0.739. The molecule has 0 saturated heterocycles. The van der Waals surface area contributed by atoms with Crippen molar-refractivity contribution in [2.45, 2.75) is 104 Å². The first kappa shape index (κ1) is 22.9. The van der Waals surface area contributed by atoms with Crippen molar-refractivity contribution in [3.8, 4) is 0 Å². The Balaban J connectivity index is 1.96. The van der Waals surface area contributed by atoms with Gasteiger partial charge in [-0.2, -0.15) is 0 Å². The summed E-state index contributed by atoms with van der Waals surface area (Å²) in [5.74, 6) is 0.337. The third-order valence-corrected chi connectivity index (χ3v) is 6.49. The standard InChI is InChI=1S/C23H37NO3S/c1-5-6-7-8-9-10-11-12-20(25)24-22-21(23(26)27-16(2)3)18-14-13-17(4)15-19(18)28-22/h16-17H,5-15H2,1-4H3,(H,24,25)/t17-/m0/s1. The minimum atomic E-state index is -0.298. The van der Waals surface area contributed by atoms with Crippen molar-refractivity contribution in [2.24, 2.45) is 5.92 Å². The van der Waals surface area contributed by atoms with Crippen LogP contribution in [0, 0.1) is 5.92 Å². The second-order valence-corrected chi connectivity index (χ2v) is 9.53. The van der Waals surface area contributed by atoms with E-state index >= 15 is 0 Å². The minimum absolute atomic E-state index is 0.0128. The van der Waals surface area contributed by atoms with Gasteiger partial charge in [0.25, 0.3) is 0 Å². The Morgan fingerprint density at radius 3 is 2.50 bits per heavy atom. The Morgan fingerprint density at radius 2 is 1.82 bits per heavy atom. The van der Waals surface area contributed by atoms with E-state index in [9.17, 15) is 9.59 Å². The van der Waals surface area contributed by atoms with Crippen LogP contribution >= 0.6 is 11.3 Å². The molecule has 0 radical (unpaired) electrons. The van der Waals surface area contributed by atoms with E-state index in [0.29, 0.717) is 22.9 Å². The lowest BCUT2D eigenvalue weighted by Crippen LogP contribution is -2.18. The number of carbonyl (C=O) groups is 2. The third-order valence-electron chi connectivity index (χ3n) is 5.32. The van der Waals surface area contributed by atoms with Crippen LogP contribution in [0.1, 0.15) is 106 Å². The molecule has 0 fully saturated rings. The van der Waals surface area contributed by atoms with Crippen LogP contribution in [-0.4, -0.2) is 18.0 Å². The van der Waals surface area contributed by atoms with Gasteiger partial charge in [0.2, 0.25) is 5.91 Å². The third kappa shape index (κ3) is 6.91. The molecule has 0 aliphatic heterocycles. The van der Waals surface area contributed by atoms with Crippen LogP contribution in [0.25, 0.3) is 0 Å². The van der Waals surface area contributed by atoms with Crippen LogP contribution in [0.2, 0.25) is 0 Å². The normalized spacial score (nSPS) is 16.1. The Labute approximate surface area is 174 Å². The van der Waals surface area contributed by atoms with Crippen molar-refractivity contribution in [1.29, 1.82) is 0 Å². The van der Waals surface area contributed by atoms with Crippen LogP contribution in [0.3, 0.4) is 0 Å². The number of hydrogen-bond donors (Lipinski definition) is 1. The highest BCUT2D eigenvalue weighted by atomic mass is 32.1. The highest BCUT2D eigenvalue weighted by Gasteiger charge is 2.29.